The van der Waals surface area contributed by atoms with E-state index in [4.69, 9.17) is 17.3 Å². The summed E-state index contributed by atoms with van der Waals surface area (Å²) in [7, 11) is -3.54. The number of likely N-dealkylation sites (N-methyl/N-ethyl adjacent to an activating group) is 1. The van der Waals surface area contributed by atoms with Gasteiger partial charge in [-0.2, -0.15) is 0 Å². The number of piperidine rings is 1. The third kappa shape index (κ3) is 4.17. The van der Waals surface area contributed by atoms with Crippen molar-refractivity contribution in [1.82, 2.24) is 9.62 Å². The molecule has 0 amide bonds. The van der Waals surface area contributed by atoms with Crippen LogP contribution in [0.3, 0.4) is 0 Å². The van der Waals surface area contributed by atoms with E-state index in [1.807, 2.05) is 0 Å². The quantitative estimate of drug-likeness (QED) is 0.858. The van der Waals surface area contributed by atoms with Gasteiger partial charge in [0.05, 0.1) is 4.90 Å². The van der Waals surface area contributed by atoms with E-state index in [2.05, 4.69) is 16.5 Å². The monoisotopic (exact) mass is 331 g/mol. The molecule has 7 heteroatoms. The fourth-order valence-corrected chi connectivity index (χ4v) is 4.20. The topological polar surface area (TPSA) is 75.4 Å². The van der Waals surface area contributed by atoms with Crippen LogP contribution >= 0.6 is 11.6 Å². The van der Waals surface area contributed by atoms with Crippen molar-refractivity contribution in [3.63, 3.8) is 0 Å². The summed E-state index contributed by atoms with van der Waals surface area (Å²) in [4.78, 5) is 2.44. The van der Waals surface area contributed by atoms with E-state index in [-0.39, 0.29) is 10.9 Å². The Bertz CT molecular complexity index is 592. The average molecular weight is 332 g/mol. The molecule has 0 saturated carbocycles. The van der Waals surface area contributed by atoms with E-state index in [9.17, 15) is 8.42 Å². The highest BCUT2D eigenvalue weighted by Gasteiger charge is 2.24. The van der Waals surface area contributed by atoms with Crippen molar-refractivity contribution in [2.75, 3.05) is 19.6 Å². The number of halogens is 1. The molecule has 0 radical (unpaired) electrons. The fraction of sp³-hybridized carbons (Fsp3) is 0.571. The lowest BCUT2D eigenvalue weighted by molar-refractivity contribution is 0.211. The first-order chi connectivity index (χ1) is 9.96. The Morgan fingerprint density at radius 2 is 2.24 bits per heavy atom. The number of sulfonamides is 1. The van der Waals surface area contributed by atoms with E-state index in [1.54, 1.807) is 12.1 Å². The molecule has 1 heterocycles. The molecule has 3 N–H and O–H groups in total. The Labute approximate surface area is 131 Å². The molecule has 1 unspecified atom stereocenters. The maximum absolute atomic E-state index is 12.4. The number of nitrogens with one attached hydrogen (secondary N) is 1. The zero-order valence-electron chi connectivity index (χ0n) is 12.2. The first-order valence-electron chi connectivity index (χ1n) is 7.19. The van der Waals surface area contributed by atoms with Crippen LogP contribution in [0.25, 0.3) is 0 Å². The molecule has 1 saturated heterocycles. The summed E-state index contributed by atoms with van der Waals surface area (Å²) in [6.07, 6.45) is 1.87. The van der Waals surface area contributed by atoms with E-state index in [0.29, 0.717) is 11.6 Å². The number of benzene rings is 1. The summed E-state index contributed by atoms with van der Waals surface area (Å²) in [5.74, 6) is 0. The minimum absolute atomic E-state index is 0.0448. The Balaban J connectivity index is 2.13. The molecule has 1 fully saturated rings. The molecular formula is C14H22ClN3O2S. The van der Waals surface area contributed by atoms with Crippen LogP contribution in [-0.2, 0) is 16.6 Å². The number of hydrogen-bond donors (Lipinski definition) is 2. The number of hydrogen-bond acceptors (Lipinski definition) is 4. The van der Waals surface area contributed by atoms with Gasteiger partial charge in [0.25, 0.3) is 0 Å². The lowest BCUT2D eigenvalue weighted by Gasteiger charge is -2.32. The maximum Gasteiger partial charge on any atom is 0.240 e. The lowest BCUT2D eigenvalue weighted by Crippen LogP contribution is -2.47. The number of likely N-dealkylation sites (tertiary alicyclic amines) is 1. The van der Waals surface area contributed by atoms with Crippen molar-refractivity contribution in [2.45, 2.75) is 37.2 Å². The second-order valence-corrected chi connectivity index (χ2v) is 7.43. The summed E-state index contributed by atoms with van der Waals surface area (Å²) in [5, 5.41) is 0.388. The van der Waals surface area contributed by atoms with Crippen LogP contribution in [0.4, 0.5) is 0 Å². The molecule has 5 nitrogen and oxygen atoms in total. The Morgan fingerprint density at radius 3 is 2.86 bits per heavy atom. The van der Waals surface area contributed by atoms with Gasteiger partial charge in [0.15, 0.2) is 0 Å². The van der Waals surface area contributed by atoms with Gasteiger partial charge in [-0.3, -0.25) is 0 Å². The second kappa shape index (κ2) is 7.07. The van der Waals surface area contributed by atoms with Gasteiger partial charge in [0.2, 0.25) is 10.0 Å². The highest BCUT2D eigenvalue weighted by molar-refractivity contribution is 7.89. The highest BCUT2D eigenvalue weighted by atomic mass is 35.5. The average Bonchev–Trinajstić information content (AvgIpc) is 2.47. The molecule has 0 spiro atoms. The van der Waals surface area contributed by atoms with Gasteiger partial charge in [-0.25, -0.2) is 13.1 Å². The Morgan fingerprint density at radius 1 is 1.48 bits per heavy atom. The van der Waals surface area contributed by atoms with Crippen molar-refractivity contribution in [3.8, 4) is 0 Å². The molecule has 1 aromatic carbocycles. The van der Waals surface area contributed by atoms with Crippen molar-refractivity contribution >= 4 is 21.6 Å². The van der Waals surface area contributed by atoms with Gasteiger partial charge >= 0.3 is 0 Å². The normalized spacial score (nSPS) is 20.6. The molecule has 21 heavy (non-hydrogen) atoms. The van der Waals surface area contributed by atoms with E-state index in [1.165, 1.54) is 6.07 Å². The largest absolute Gasteiger partial charge is 0.326 e. The van der Waals surface area contributed by atoms with Crippen LogP contribution in [0.15, 0.2) is 23.1 Å². The van der Waals surface area contributed by atoms with Crippen LogP contribution in [0.2, 0.25) is 5.02 Å². The maximum atomic E-state index is 12.4. The Kier molecular flexibility index (Phi) is 5.62. The SMILES string of the molecule is CCN1CCCC(NS(=O)(=O)c2ccc(CN)c(Cl)c2)C1. The molecule has 1 aromatic rings. The zero-order valence-corrected chi connectivity index (χ0v) is 13.8. The van der Waals surface area contributed by atoms with Gasteiger partial charge in [-0.1, -0.05) is 24.6 Å². The van der Waals surface area contributed by atoms with Gasteiger partial charge in [-0.15, -0.1) is 0 Å². The second-order valence-electron chi connectivity index (χ2n) is 5.31. The predicted octanol–water partition coefficient (Wildman–Crippen LogP) is 1.56. The van der Waals surface area contributed by atoms with E-state index in [0.717, 1.165) is 38.0 Å². The number of nitrogens with zero attached hydrogens (tertiary/aromatic N) is 1. The van der Waals surface area contributed by atoms with Gasteiger partial charge in [0, 0.05) is 24.2 Å². The van der Waals surface area contributed by atoms with Crippen LogP contribution in [0, 0.1) is 0 Å². The molecule has 118 valence electrons. The van der Waals surface area contributed by atoms with E-state index < -0.39 is 10.0 Å². The summed E-state index contributed by atoms with van der Waals surface area (Å²) >= 11 is 6.04. The molecular weight excluding hydrogens is 310 g/mol. The van der Waals surface area contributed by atoms with Crippen LogP contribution in [0.5, 0.6) is 0 Å². The summed E-state index contributed by atoms with van der Waals surface area (Å²) < 4.78 is 27.6. The number of nitrogens with two attached hydrogens (primary N) is 1. The summed E-state index contributed by atoms with van der Waals surface area (Å²) in [6.45, 7) is 5.11. The third-order valence-electron chi connectivity index (χ3n) is 3.83. The third-order valence-corrected chi connectivity index (χ3v) is 5.70. The minimum Gasteiger partial charge on any atom is -0.326 e. The molecule has 1 aliphatic heterocycles. The fourth-order valence-electron chi connectivity index (χ4n) is 2.59. The summed E-state index contributed by atoms with van der Waals surface area (Å²) in [5.41, 5.74) is 6.28. The van der Waals surface area contributed by atoms with Crippen molar-refractivity contribution < 1.29 is 8.42 Å². The van der Waals surface area contributed by atoms with Crippen LogP contribution < -0.4 is 10.5 Å². The molecule has 1 aliphatic rings. The standard InChI is InChI=1S/C14H22ClN3O2S/c1-2-18-7-3-4-12(10-18)17-21(19,20)13-6-5-11(9-16)14(15)8-13/h5-6,8,12,17H,2-4,7,9-10,16H2,1H3. The van der Waals surface area contributed by atoms with Crippen molar-refractivity contribution in [1.29, 1.82) is 0 Å². The summed E-state index contributed by atoms with van der Waals surface area (Å²) in [6, 6.07) is 4.64. The van der Waals surface area contributed by atoms with E-state index >= 15 is 0 Å². The predicted molar refractivity (Wildman–Crippen MR) is 84.8 cm³/mol. The highest BCUT2D eigenvalue weighted by Crippen LogP contribution is 2.21. The number of rotatable bonds is 5. The van der Waals surface area contributed by atoms with Crippen LogP contribution in [-0.4, -0.2) is 39.0 Å². The Hall–Kier alpha value is -0.660. The molecule has 0 aliphatic carbocycles. The molecule has 0 aromatic heterocycles. The van der Waals surface area contributed by atoms with Crippen LogP contribution in [0.1, 0.15) is 25.3 Å². The minimum atomic E-state index is -3.54. The molecule has 1 atom stereocenters. The molecule has 2 rings (SSSR count). The lowest BCUT2D eigenvalue weighted by atomic mass is 10.1. The van der Waals surface area contributed by atoms with Crippen molar-refractivity contribution in [2.24, 2.45) is 5.73 Å². The van der Waals surface area contributed by atoms with Crippen molar-refractivity contribution in [3.05, 3.63) is 28.8 Å². The first-order valence-corrected chi connectivity index (χ1v) is 9.05. The van der Waals surface area contributed by atoms with Gasteiger partial charge < -0.3 is 10.6 Å². The smallest absolute Gasteiger partial charge is 0.240 e. The zero-order chi connectivity index (χ0) is 15.5. The first kappa shape index (κ1) is 16.7. The van der Waals surface area contributed by atoms with Gasteiger partial charge in [0.1, 0.15) is 0 Å². The molecule has 0 bridgehead atoms. The van der Waals surface area contributed by atoms with Gasteiger partial charge in [-0.05, 0) is 43.6 Å².